The molecular formula is C31H36FN3O6S. The van der Waals surface area contributed by atoms with Gasteiger partial charge in [0.15, 0.2) is 11.5 Å². The molecule has 1 N–H and O–H groups in total. The molecule has 224 valence electrons. The van der Waals surface area contributed by atoms with Crippen molar-refractivity contribution >= 4 is 27.5 Å². The molecule has 0 saturated heterocycles. The fourth-order valence-corrected chi connectivity index (χ4v) is 6.44. The smallest absolute Gasteiger partial charge is 0.264 e. The van der Waals surface area contributed by atoms with Crippen LogP contribution in [0, 0.1) is 5.82 Å². The van der Waals surface area contributed by atoms with Crippen LogP contribution in [0.15, 0.2) is 77.7 Å². The van der Waals surface area contributed by atoms with Crippen molar-refractivity contribution in [2.45, 2.75) is 56.1 Å². The Morgan fingerprint density at radius 3 is 2.24 bits per heavy atom. The summed E-state index contributed by atoms with van der Waals surface area (Å²) in [6.45, 7) is 0.721. The lowest BCUT2D eigenvalue weighted by atomic mass is 10.1. The number of nitrogens with zero attached hydrogens (tertiary/aromatic N) is 2. The Labute approximate surface area is 246 Å². The summed E-state index contributed by atoms with van der Waals surface area (Å²) in [5.74, 6) is -1.02. The normalized spacial score (nSPS) is 14.2. The summed E-state index contributed by atoms with van der Waals surface area (Å²) in [7, 11) is -1.48. The molecular weight excluding hydrogens is 561 g/mol. The summed E-state index contributed by atoms with van der Waals surface area (Å²) >= 11 is 0. The molecule has 1 aliphatic carbocycles. The summed E-state index contributed by atoms with van der Waals surface area (Å²) in [6, 6.07) is 17.4. The maximum atomic E-state index is 14.7. The topological polar surface area (TPSA) is 105 Å². The van der Waals surface area contributed by atoms with E-state index in [1.165, 1.54) is 55.5 Å². The largest absolute Gasteiger partial charge is 0.493 e. The number of anilines is 1. The minimum absolute atomic E-state index is 0.0108. The Morgan fingerprint density at radius 2 is 1.60 bits per heavy atom. The zero-order chi connectivity index (χ0) is 30.3. The maximum Gasteiger partial charge on any atom is 0.264 e. The highest BCUT2D eigenvalue weighted by Crippen LogP contribution is 2.32. The van der Waals surface area contributed by atoms with Crippen molar-refractivity contribution in [3.63, 3.8) is 0 Å². The van der Waals surface area contributed by atoms with E-state index in [2.05, 4.69) is 5.32 Å². The fraction of sp³-hybridized carbons (Fsp3) is 0.355. The monoisotopic (exact) mass is 597 g/mol. The number of nitrogens with one attached hydrogen (secondary N) is 1. The van der Waals surface area contributed by atoms with Crippen LogP contribution in [0.3, 0.4) is 0 Å². The number of hydrogen-bond acceptors (Lipinski definition) is 6. The van der Waals surface area contributed by atoms with Crippen LogP contribution in [-0.4, -0.2) is 58.0 Å². The molecule has 11 heteroatoms. The van der Waals surface area contributed by atoms with E-state index in [0.717, 1.165) is 30.0 Å². The van der Waals surface area contributed by atoms with Crippen LogP contribution < -0.4 is 19.1 Å². The Morgan fingerprint density at radius 1 is 0.952 bits per heavy atom. The van der Waals surface area contributed by atoms with Gasteiger partial charge in [-0.25, -0.2) is 12.8 Å². The second kappa shape index (κ2) is 13.7. The number of benzene rings is 3. The van der Waals surface area contributed by atoms with Crippen molar-refractivity contribution in [3.05, 3.63) is 84.2 Å². The van der Waals surface area contributed by atoms with E-state index in [0.29, 0.717) is 5.75 Å². The molecule has 9 nitrogen and oxygen atoms in total. The van der Waals surface area contributed by atoms with Crippen LogP contribution in [0.5, 0.6) is 11.5 Å². The average molecular weight is 598 g/mol. The standard InChI is InChI=1S/C31H36FN3O6S/c1-22(31(37)33-24-12-8-9-13-24)34(20-23-11-7-10-16-27(23)32)30(36)21-35(25-14-5-4-6-15-25)42(38,39)26-17-18-28(40-2)29(19-26)41-3/h4-7,10-11,14-19,22,24H,8-9,12-13,20-21H2,1-3H3,(H,33,37). The molecule has 4 rings (SSSR count). The van der Waals surface area contributed by atoms with Gasteiger partial charge in [-0.05, 0) is 50.1 Å². The lowest BCUT2D eigenvalue weighted by Crippen LogP contribution is -2.52. The Kier molecular flexibility index (Phi) is 10.1. The number of amides is 2. The lowest BCUT2D eigenvalue weighted by molar-refractivity contribution is -0.139. The molecule has 0 spiro atoms. The van der Waals surface area contributed by atoms with Crippen molar-refractivity contribution in [3.8, 4) is 11.5 Å². The summed E-state index contributed by atoms with van der Waals surface area (Å²) < 4.78 is 54.3. The van der Waals surface area contributed by atoms with Gasteiger partial charge in [-0.15, -0.1) is 0 Å². The summed E-state index contributed by atoms with van der Waals surface area (Å²) in [4.78, 5) is 28.4. The highest BCUT2D eigenvalue weighted by atomic mass is 32.2. The Bertz CT molecular complexity index is 1500. The summed E-state index contributed by atoms with van der Waals surface area (Å²) in [5.41, 5.74) is 0.454. The molecule has 1 atom stereocenters. The quantitative estimate of drug-likeness (QED) is 0.329. The van der Waals surface area contributed by atoms with E-state index < -0.39 is 34.3 Å². The lowest BCUT2D eigenvalue weighted by Gasteiger charge is -2.32. The van der Waals surface area contributed by atoms with E-state index in [1.54, 1.807) is 43.3 Å². The fourth-order valence-electron chi connectivity index (χ4n) is 5.01. The zero-order valence-corrected chi connectivity index (χ0v) is 24.8. The van der Waals surface area contributed by atoms with Crippen LogP contribution in [-0.2, 0) is 26.2 Å². The maximum absolute atomic E-state index is 14.7. The van der Waals surface area contributed by atoms with Gasteiger partial charge in [0, 0.05) is 24.2 Å². The molecule has 0 aromatic heterocycles. The minimum Gasteiger partial charge on any atom is -0.493 e. The second-order valence-corrected chi connectivity index (χ2v) is 12.0. The number of ether oxygens (including phenoxy) is 2. The third-order valence-electron chi connectivity index (χ3n) is 7.43. The first-order valence-corrected chi connectivity index (χ1v) is 15.2. The van der Waals surface area contributed by atoms with Gasteiger partial charge in [0.05, 0.1) is 24.8 Å². The predicted molar refractivity (Wildman–Crippen MR) is 157 cm³/mol. The van der Waals surface area contributed by atoms with Gasteiger partial charge in [0.2, 0.25) is 11.8 Å². The number of methoxy groups -OCH3 is 2. The molecule has 0 aliphatic heterocycles. The van der Waals surface area contributed by atoms with Crippen molar-refractivity contribution in [2.75, 3.05) is 25.1 Å². The zero-order valence-electron chi connectivity index (χ0n) is 24.0. The molecule has 1 saturated carbocycles. The molecule has 1 aliphatic rings. The number of rotatable bonds is 12. The molecule has 2 amide bonds. The van der Waals surface area contributed by atoms with Gasteiger partial charge in [0.25, 0.3) is 10.0 Å². The average Bonchev–Trinajstić information content (AvgIpc) is 3.52. The van der Waals surface area contributed by atoms with E-state index in [4.69, 9.17) is 9.47 Å². The number of carbonyl (C=O) groups is 2. The molecule has 1 fully saturated rings. The Balaban J connectivity index is 1.70. The number of carbonyl (C=O) groups excluding carboxylic acids is 2. The first kappa shape index (κ1) is 30.8. The molecule has 42 heavy (non-hydrogen) atoms. The summed E-state index contributed by atoms with van der Waals surface area (Å²) in [5, 5.41) is 2.99. The van der Waals surface area contributed by atoms with Crippen molar-refractivity contribution in [2.24, 2.45) is 0 Å². The molecule has 3 aromatic rings. The number of sulfonamides is 1. The van der Waals surface area contributed by atoms with Crippen LogP contribution >= 0.6 is 0 Å². The van der Waals surface area contributed by atoms with E-state index in [1.807, 2.05) is 0 Å². The van der Waals surface area contributed by atoms with Gasteiger partial charge in [-0.3, -0.25) is 13.9 Å². The Hall–Kier alpha value is -4.12. The SMILES string of the molecule is COc1ccc(S(=O)(=O)N(CC(=O)N(Cc2ccccc2F)C(C)C(=O)NC2CCCC2)c2ccccc2)cc1OC. The molecule has 1 unspecified atom stereocenters. The predicted octanol–water partition coefficient (Wildman–Crippen LogP) is 4.51. The van der Waals surface area contributed by atoms with Crippen molar-refractivity contribution in [1.29, 1.82) is 0 Å². The van der Waals surface area contributed by atoms with E-state index >= 15 is 0 Å². The summed E-state index contributed by atoms with van der Waals surface area (Å²) in [6.07, 6.45) is 3.73. The van der Waals surface area contributed by atoms with Gasteiger partial charge < -0.3 is 19.7 Å². The van der Waals surface area contributed by atoms with Crippen LogP contribution in [0.1, 0.15) is 38.2 Å². The van der Waals surface area contributed by atoms with Gasteiger partial charge in [-0.2, -0.15) is 0 Å². The number of para-hydroxylation sites is 1. The van der Waals surface area contributed by atoms with Crippen LogP contribution in [0.25, 0.3) is 0 Å². The van der Waals surface area contributed by atoms with Gasteiger partial charge in [-0.1, -0.05) is 49.2 Å². The van der Waals surface area contributed by atoms with Gasteiger partial charge >= 0.3 is 0 Å². The number of halogens is 1. The highest BCUT2D eigenvalue weighted by molar-refractivity contribution is 7.92. The third-order valence-corrected chi connectivity index (χ3v) is 9.20. The number of hydrogen-bond donors (Lipinski definition) is 1. The molecule has 0 radical (unpaired) electrons. The van der Waals surface area contributed by atoms with Gasteiger partial charge in [0.1, 0.15) is 18.4 Å². The van der Waals surface area contributed by atoms with Crippen LogP contribution in [0.2, 0.25) is 0 Å². The van der Waals surface area contributed by atoms with Crippen LogP contribution in [0.4, 0.5) is 10.1 Å². The molecule has 0 heterocycles. The third kappa shape index (κ3) is 7.02. The molecule has 0 bridgehead atoms. The highest BCUT2D eigenvalue weighted by Gasteiger charge is 2.34. The van der Waals surface area contributed by atoms with E-state index in [-0.39, 0.29) is 40.4 Å². The first-order chi connectivity index (χ1) is 20.1. The van der Waals surface area contributed by atoms with E-state index in [9.17, 15) is 22.4 Å². The van der Waals surface area contributed by atoms with Crippen molar-refractivity contribution in [1.82, 2.24) is 10.2 Å². The minimum atomic E-state index is -4.31. The first-order valence-electron chi connectivity index (χ1n) is 13.8. The second-order valence-electron chi connectivity index (χ2n) is 10.1. The molecule has 3 aromatic carbocycles. The van der Waals surface area contributed by atoms with Crippen molar-refractivity contribution < 1.29 is 31.9 Å².